The maximum absolute atomic E-state index is 12.7. The minimum atomic E-state index is -0.357. The number of aromatic nitrogens is 2. The molecule has 1 fully saturated rings. The van der Waals surface area contributed by atoms with Crippen LogP contribution in [0.4, 0.5) is 5.69 Å². The number of carbonyl (C=O) groups is 1. The van der Waals surface area contributed by atoms with Crippen LogP contribution < -0.4 is 10.5 Å². The molecule has 0 N–H and O–H groups in total. The summed E-state index contributed by atoms with van der Waals surface area (Å²) in [6, 6.07) is 19.1. The van der Waals surface area contributed by atoms with Crippen LogP contribution in [0.2, 0.25) is 5.02 Å². The topological polar surface area (TPSA) is 58.4 Å². The molecule has 1 aliphatic heterocycles. The molecule has 0 radical (unpaired) electrons. The SMILES string of the molecule is O=C(/C=C/Sc1ccccc1)N1CCN(c2cnn(-c3ccccc3)c(=O)c2Cl)CC1. The zero-order valence-corrected chi connectivity index (χ0v) is 18.3. The second-order valence-electron chi connectivity index (χ2n) is 6.94. The molecule has 0 saturated carbocycles. The fourth-order valence-corrected chi connectivity index (χ4v) is 4.24. The summed E-state index contributed by atoms with van der Waals surface area (Å²) < 4.78 is 1.29. The number of anilines is 1. The average Bonchev–Trinajstić information content (AvgIpc) is 2.82. The Balaban J connectivity index is 1.38. The van der Waals surface area contributed by atoms with Gasteiger partial charge in [-0.1, -0.05) is 59.8 Å². The summed E-state index contributed by atoms with van der Waals surface area (Å²) in [4.78, 5) is 30.1. The van der Waals surface area contributed by atoms with Crippen LogP contribution in [0.5, 0.6) is 0 Å². The highest BCUT2D eigenvalue weighted by Crippen LogP contribution is 2.23. The van der Waals surface area contributed by atoms with Gasteiger partial charge < -0.3 is 9.80 Å². The number of hydrogen-bond donors (Lipinski definition) is 0. The molecule has 1 aliphatic rings. The van der Waals surface area contributed by atoms with Crippen molar-refractivity contribution in [2.24, 2.45) is 0 Å². The van der Waals surface area contributed by atoms with Crippen molar-refractivity contribution in [3.8, 4) is 5.69 Å². The molecule has 2 aromatic carbocycles. The predicted molar refractivity (Wildman–Crippen MR) is 125 cm³/mol. The van der Waals surface area contributed by atoms with Crippen molar-refractivity contribution in [3.63, 3.8) is 0 Å². The Labute approximate surface area is 189 Å². The molecule has 4 rings (SSSR count). The summed E-state index contributed by atoms with van der Waals surface area (Å²) in [7, 11) is 0. The lowest BCUT2D eigenvalue weighted by Gasteiger charge is -2.35. The Hall–Kier alpha value is -3.03. The number of para-hydroxylation sites is 1. The highest BCUT2D eigenvalue weighted by atomic mass is 35.5. The van der Waals surface area contributed by atoms with E-state index in [1.807, 2.05) is 58.8 Å². The standard InChI is InChI=1S/C23H21ClN4O2S/c24-22-20(17-25-28(23(22)30)18-7-3-1-4-8-18)26-12-14-27(15-13-26)21(29)11-16-31-19-9-5-2-6-10-19/h1-11,16-17H,12-15H2/b16-11+. The summed E-state index contributed by atoms with van der Waals surface area (Å²) in [5, 5.41) is 6.24. The van der Waals surface area contributed by atoms with E-state index in [0.29, 0.717) is 37.6 Å². The molecular weight excluding hydrogens is 432 g/mol. The molecule has 1 saturated heterocycles. The van der Waals surface area contributed by atoms with Crippen molar-refractivity contribution in [1.82, 2.24) is 14.7 Å². The lowest BCUT2D eigenvalue weighted by Crippen LogP contribution is -2.48. The Kier molecular flexibility index (Phi) is 6.74. The molecule has 1 amide bonds. The molecule has 0 spiro atoms. The van der Waals surface area contributed by atoms with E-state index in [-0.39, 0.29) is 16.5 Å². The third-order valence-corrected chi connectivity index (χ3v) is 6.16. The van der Waals surface area contributed by atoms with Crippen molar-refractivity contribution >= 4 is 35.0 Å². The number of halogens is 1. The number of hydrogen-bond acceptors (Lipinski definition) is 5. The van der Waals surface area contributed by atoms with E-state index >= 15 is 0 Å². The highest BCUT2D eigenvalue weighted by molar-refractivity contribution is 8.02. The van der Waals surface area contributed by atoms with Crippen LogP contribution in [0.15, 0.2) is 88.0 Å². The van der Waals surface area contributed by atoms with Crippen molar-refractivity contribution < 1.29 is 4.79 Å². The van der Waals surface area contributed by atoms with Gasteiger partial charge in [0.15, 0.2) is 0 Å². The predicted octanol–water partition coefficient (Wildman–Crippen LogP) is 3.84. The number of rotatable bonds is 5. The zero-order chi connectivity index (χ0) is 21.6. The number of piperazine rings is 1. The minimum absolute atomic E-state index is 0.0215. The Morgan fingerprint density at radius 3 is 2.29 bits per heavy atom. The first-order valence-corrected chi connectivity index (χ1v) is 11.1. The lowest BCUT2D eigenvalue weighted by atomic mass is 10.2. The normalized spacial score (nSPS) is 14.2. The van der Waals surface area contributed by atoms with Gasteiger partial charge in [0, 0.05) is 37.2 Å². The fourth-order valence-electron chi connectivity index (χ4n) is 3.34. The molecule has 0 bridgehead atoms. The van der Waals surface area contributed by atoms with Crippen LogP contribution in [0, 0.1) is 0 Å². The van der Waals surface area contributed by atoms with Crippen LogP contribution in [0.1, 0.15) is 0 Å². The third-order valence-electron chi connectivity index (χ3n) is 4.99. The van der Waals surface area contributed by atoms with Gasteiger partial charge in [-0.05, 0) is 29.7 Å². The summed E-state index contributed by atoms with van der Waals surface area (Å²) in [5.74, 6) is -0.0215. The van der Waals surface area contributed by atoms with Gasteiger partial charge in [0.2, 0.25) is 5.91 Å². The number of nitrogens with zero attached hydrogens (tertiary/aromatic N) is 4. The summed E-state index contributed by atoms with van der Waals surface area (Å²) >= 11 is 7.91. The molecule has 1 aromatic heterocycles. The van der Waals surface area contributed by atoms with Crippen LogP contribution in [0.25, 0.3) is 5.69 Å². The van der Waals surface area contributed by atoms with E-state index in [1.165, 1.54) is 16.4 Å². The molecule has 2 heterocycles. The van der Waals surface area contributed by atoms with Gasteiger partial charge in [0.25, 0.3) is 5.56 Å². The van der Waals surface area contributed by atoms with E-state index in [2.05, 4.69) is 5.10 Å². The van der Waals surface area contributed by atoms with Crippen LogP contribution in [-0.2, 0) is 4.79 Å². The largest absolute Gasteiger partial charge is 0.365 e. The number of thioether (sulfide) groups is 1. The van der Waals surface area contributed by atoms with Gasteiger partial charge in [-0.25, -0.2) is 0 Å². The van der Waals surface area contributed by atoms with Gasteiger partial charge in [-0.15, -0.1) is 0 Å². The minimum Gasteiger partial charge on any atom is -0.365 e. The summed E-state index contributed by atoms with van der Waals surface area (Å²) in [6.45, 7) is 2.28. The molecule has 0 unspecified atom stereocenters. The molecule has 0 aliphatic carbocycles. The first kappa shape index (κ1) is 21.2. The van der Waals surface area contributed by atoms with E-state index in [0.717, 1.165) is 4.90 Å². The van der Waals surface area contributed by atoms with Crippen LogP contribution >= 0.6 is 23.4 Å². The fraction of sp³-hybridized carbons (Fsp3) is 0.174. The average molecular weight is 453 g/mol. The van der Waals surface area contributed by atoms with Crippen molar-refractivity contribution in [3.05, 3.63) is 93.7 Å². The maximum atomic E-state index is 12.7. The Bertz CT molecular complexity index is 1130. The Morgan fingerprint density at radius 2 is 1.61 bits per heavy atom. The van der Waals surface area contributed by atoms with Crippen molar-refractivity contribution in [2.75, 3.05) is 31.1 Å². The third kappa shape index (κ3) is 5.00. The Morgan fingerprint density at radius 1 is 0.968 bits per heavy atom. The molecule has 3 aromatic rings. The number of carbonyl (C=O) groups excluding carboxylic acids is 1. The number of amides is 1. The lowest BCUT2D eigenvalue weighted by molar-refractivity contribution is -0.126. The molecular formula is C23H21ClN4O2S. The van der Waals surface area contributed by atoms with Gasteiger partial charge in [-0.3, -0.25) is 9.59 Å². The molecule has 6 nitrogen and oxygen atoms in total. The smallest absolute Gasteiger partial charge is 0.292 e. The maximum Gasteiger partial charge on any atom is 0.292 e. The molecule has 31 heavy (non-hydrogen) atoms. The van der Waals surface area contributed by atoms with Crippen LogP contribution in [0.3, 0.4) is 0 Å². The van der Waals surface area contributed by atoms with E-state index < -0.39 is 0 Å². The van der Waals surface area contributed by atoms with E-state index in [9.17, 15) is 9.59 Å². The van der Waals surface area contributed by atoms with E-state index in [4.69, 9.17) is 11.6 Å². The second kappa shape index (κ2) is 9.85. The number of benzene rings is 2. The van der Waals surface area contributed by atoms with Gasteiger partial charge in [0.05, 0.1) is 17.6 Å². The summed E-state index contributed by atoms with van der Waals surface area (Å²) in [5.41, 5.74) is 0.905. The van der Waals surface area contributed by atoms with Gasteiger partial charge in [0.1, 0.15) is 5.02 Å². The van der Waals surface area contributed by atoms with Crippen LogP contribution in [-0.4, -0.2) is 46.8 Å². The van der Waals surface area contributed by atoms with Gasteiger partial charge in [-0.2, -0.15) is 9.78 Å². The van der Waals surface area contributed by atoms with Crippen molar-refractivity contribution in [2.45, 2.75) is 4.90 Å². The quantitative estimate of drug-likeness (QED) is 0.435. The molecule has 0 atom stereocenters. The van der Waals surface area contributed by atoms with E-state index in [1.54, 1.807) is 29.3 Å². The van der Waals surface area contributed by atoms with Crippen molar-refractivity contribution in [1.29, 1.82) is 0 Å². The summed E-state index contributed by atoms with van der Waals surface area (Å²) in [6.07, 6.45) is 3.22. The molecule has 158 valence electrons. The zero-order valence-electron chi connectivity index (χ0n) is 16.7. The molecule has 8 heteroatoms. The van der Waals surface area contributed by atoms with Gasteiger partial charge >= 0.3 is 0 Å². The first-order chi connectivity index (χ1) is 15.1. The second-order valence-corrected chi connectivity index (χ2v) is 8.30. The first-order valence-electron chi connectivity index (χ1n) is 9.89. The highest BCUT2D eigenvalue weighted by Gasteiger charge is 2.23. The monoisotopic (exact) mass is 452 g/mol.